The van der Waals surface area contributed by atoms with Gasteiger partial charge in [0, 0.05) is 37.4 Å². The zero-order valence-electron chi connectivity index (χ0n) is 18.7. The summed E-state index contributed by atoms with van der Waals surface area (Å²) in [5, 5.41) is 2.42. The van der Waals surface area contributed by atoms with E-state index in [4.69, 9.17) is 4.74 Å². The van der Waals surface area contributed by atoms with E-state index in [1.165, 1.54) is 0 Å². The molecule has 0 atom stereocenters. The van der Waals surface area contributed by atoms with Crippen molar-refractivity contribution in [3.63, 3.8) is 0 Å². The van der Waals surface area contributed by atoms with E-state index in [9.17, 15) is 18.0 Å². The topological polar surface area (TPSA) is 105 Å². The van der Waals surface area contributed by atoms with Crippen molar-refractivity contribution in [3.05, 3.63) is 24.3 Å². The van der Waals surface area contributed by atoms with E-state index in [0.29, 0.717) is 32.4 Å². The second kappa shape index (κ2) is 12.0. The lowest BCUT2D eigenvalue weighted by atomic mass is 9.96. The number of carbonyl (C=O) groups is 2. The second-order valence-electron chi connectivity index (χ2n) is 8.05. The Hall–Kier alpha value is -2.13. The minimum Gasteiger partial charge on any atom is -0.466 e. The summed E-state index contributed by atoms with van der Waals surface area (Å²) in [7, 11) is -3.25. The standard InChI is InChI=1S/C22H35N3O5S/c1-4-30-22(27)18-12-15-25(16-13-18)20-10-8-19(9-11-20)24-21(26)7-5-6-14-23-31(28,29)17(2)3/h8-11,17-18,23H,4-7,12-16H2,1-3H3,(H,24,26). The SMILES string of the molecule is CCOC(=O)C1CCN(c2ccc(NC(=O)CCCCNS(=O)(=O)C(C)C)cc2)CC1. The molecule has 1 aliphatic heterocycles. The third kappa shape index (κ3) is 8.14. The normalized spacial score (nSPS) is 15.2. The first-order valence-electron chi connectivity index (χ1n) is 11.0. The summed E-state index contributed by atoms with van der Waals surface area (Å²) in [6.45, 7) is 7.45. The van der Waals surface area contributed by atoms with Crippen molar-refractivity contribution >= 4 is 33.3 Å². The molecule has 0 spiro atoms. The van der Waals surface area contributed by atoms with Gasteiger partial charge in [0.15, 0.2) is 0 Å². The number of hydrogen-bond donors (Lipinski definition) is 2. The Morgan fingerprint density at radius 1 is 1.13 bits per heavy atom. The second-order valence-corrected chi connectivity index (χ2v) is 10.4. The van der Waals surface area contributed by atoms with Crippen LogP contribution in [0.15, 0.2) is 24.3 Å². The molecular weight excluding hydrogens is 418 g/mol. The number of piperidine rings is 1. The van der Waals surface area contributed by atoms with E-state index >= 15 is 0 Å². The highest BCUT2D eigenvalue weighted by atomic mass is 32.2. The van der Waals surface area contributed by atoms with Gasteiger partial charge in [-0.2, -0.15) is 0 Å². The molecule has 2 N–H and O–H groups in total. The molecule has 0 bridgehead atoms. The number of sulfonamides is 1. The molecular formula is C22H35N3O5S. The number of hydrogen-bond acceptors (Lipinski definition) is 6. The summed E-state index contributed by atoms with van der Waals surface area (Å²) < 4.78 is 31.0. The third-order valence-corrected chi connectivity index (χ3v) is 7.23. The van der Waals surface area contributed by atoms with Crippen LogP contribution in [-0.2, 0) is 24.3 Å². The van der Waals surface area contributed by atoms with Crippen LogP contribution < -0.4 is 14.9 Å². The highest BCUT2D eigenvalue weighted by Gasteiger charge is 2.26. The van der Waals surface area contributed by atoms with Gasteiger partial charge in [-0.05, 0) is 70.7 Å². The summed E-state index contributed by atoms with van der Waals surface area (Å²) in [4.78, 5) is 26.2. The van der Waals surface area contributed by atoms with Crippen molar-refractivity contribution in [1.29, 1.82) is 0 Å². The molecule has 174 valence electrons. The minimum absolute atomic E-state index is 0.0181. The lowest BCUT2D eigenvalue weighted by Crippen LogP contribution is -2.36. The predicted octanol–water partition coefficient (Wildman–Crippen LogP) is 2.90. The smallest absolute Gasteiger partial charge is 0.309 e. The summed E-state index contributed by atoms with van der Waals surface area (Å²) >= 11 is 0. The molecule has 1 aliphatic rings. The molecule has 31 heavy (non-hydrogen) atoms. The van der Waals surface area contributed by atoms with E-state index in [2.05, 4.69) is 14.9 Å². The van der Waals surface area contributed by atoms with Crippen molar-refractivity contribution in [3.8, 4) is 0 Å². The van der Waals surface area contributed by atoms with Crippen LogP contribution in [0, 0.1) is 5.92 Å². The molecule has 1 heterocycles. The van der Waals surface area contributed by atoms with Crippen LogP contribution in [0.25, 0.3) is 0 Å². The number of amides is 1. The number of carbonyl (C=O) groups excluding carboxylic acids is 2. The Morgan fingerprint density at radius 2 is 1.77 bits per heavy atom. The van der Waals surface area contributed by atoms with Crippen molar-refractivity contribution < 1.29 is 22.7 Å². The zero-order valence-corrected chi connectivity index (χ0v) is 19.5. The van der Waals surface area contributed by atoms with Gasteiger partial charge in [-0.15, -0.1) is 0 Å². The van der Waals surface area contributed by atoms with Crippen LogP contribution in [0.2, 0.25) is 0 Å². The monoisotopic (exact) mass is 453 g/mol. The highest BCUT2D eigenvalue weighted by molar-refractivity contribution is 7.90. The molecule has 0 radical (unpaired) electrons. The lowest BCUT2D eigenvalue weighted by molar-refractivity contribution is -0.148. The number of unbranched alkanes of at least 4 members (excludes halogenated alkanes) is 1. The Bertz CT molecular complexity index is 816. The van der Waals surface area contributed by atoms with E-state index in [1.807, 2.05) is 31.2 Å². The molecule has 1 fully saturated rings. The molecule has 0 unspecified atom stereocenters. The van der Waals surface area contributed by atoms with Crippen LogP contribution in [-0.4, -0.2) is 51.8 Å². The van der Waals surface area contributed by atoms with Crippen LogP contribution >= 0.6 is 0 Å². The first-order chi connectivity index (χ1) is 14.7. The van der Waals surface area contributed by atoms with E-state index in [0.717, 1.165) is 37.3 Å². The van der Waals surface area contributed by atoms with Crippen molar-refractivity contribution in [1.82, 2.24) is 4.72 Å². The van der Waals surface area contributed by atoms with E-state index in [-0.39, 0.29) is 17.8 Å². The largest absolute Gasteiger partial charge is 0.466 e. The Morgan fingerprint density at radius 3 is 2.35 bits per heavy atom. The fourth-order valence-electron chi connectivity index (χ4n) is 3.40. The molecule has 1 aromatic carbocycles. The number of nitrogens with one attached hydrogen (secondary N) is 2. The van der Waals surface area contributed by atoms with Gasteiger partial charge < -0.3 is 15.0 Å². The van der Waals surface area contributed by atoms with Gasteiger partial charge in [0.25, 0.3) is 0 Å². The van der Waals surface area contributed by atoms with Crippen LogP contribution in [0.3, 0.4) is 0 Å². The molecule has 1 amide bonds. The molecule has 0 aliphatic carbocycles. The highest BCUT2D eigenvalue weighted by Crippen LogP contribution is 2.25. The summed E-state index contributed by atoms with van der Waals surface area (Å²) in [5.41, 5.74) is 1.80. The molecule has 1 aromatic rings. The average molecular weight is 454 g/mol. The number of ether oxygens (including phenoxy) is 1. The maximum atomic E-state index is 12.1. The van der Waals surface area contributed by atoms with Gasteiger partial charge in [0.05, 0.1) is 17.8 Å². The summed E-state index contributed by atoms with van der Waals surface area (Å²) in [6.07, 6.45) is 3.13. The Balaban J connectivity index is 1.70. The number of rotatable bonds is 11. The van der Waals surface area contributed by atoms with Crippen molar-refractivity contribution in [2.24, 2.45) is 5.92 Å². The average Bonchev–Trinajstić information content (AvgIpc) is 2.74. The van der Waals surface area contributed by atoms with Gasteiger partial charge >= 0.3 is 5.97 Å². The van der Waals surface area contributed by atoms with Gasteiger partial charge in [-0.25, -0.2) is 13.1 Å². The maximum Gasteiger partial charge on any atom is 0.309 e. The molecule has 0 aromatic heterocycles. The molecule has 9 heteroatoms. The third-order valence-electron chi connectivity index (χ3n) is 5.39. The number of benzene rings is 1. The molecule has 1 saturated heterocycles. The van der Waals surface area contributed by atoms with Crippen molar-refractivity contribution in [2.75, 3.05) is 36.5 Å². The molecule has 2 rings (SSSR count). The zero-order chi connectivity index (χ0) is 22.9. The number of nitrogens with zero attached hydrogens (tertiary/aromatic N) is 1. The number of anilines is 2. The summed E-state index contributed by atoms with van der Waals surface area (Å²) in [5.74, 6) is -0.206. The van der Waals surface area contributed by atoms with E-state index in [1.54, 1.807) is 13.8 Å². The fraction of sp³-hybridized carbons (Fsp3) is 0.636. The predicted molar refractivity (Wildman–Crippen MR) is 123 cm³/mol. The van der Waals surface area contributed by atoms with Crippen LogP contribution in [0.1, 0.15) is 52.9 Å². The van der Waals surface area contributed by atoms with Gasteiger partial charge in [-0.3, -0.25) is 9.59 Å². The first-order valence-corrected chi connectivity index (χ1v) is 12.6. The number of esters is 1. The van der Waals surface area contributed by atoms with Gasteiger partial charge in [0.2, 0.25) is 15.9 Å². The van der Waals surface area contributed by atoms with Crippen LogP contribution in [0.4, 0.5) is 11.4 Å². The fourth-order valence-corrected chi connectivity index (χ4v) is 4.17. The van der Waals surface area contributed by atoms with Crippen molar-refractivity contribution in [2.45, 2.75) is 58.1 Å². The lowest BCUT2D eigenvalue weighted by Gasteiger charge is -2.32. The Kier molecular flexibility index (Phi) is 9.77. The quantitative estimate of drug-likeness (QED) is 0.394. The first kappa shape index (κ1) is 25.1. The summed E-state index contributed by atoms with van der Waals surface area (Å²) in [6, 6.07) is 7.70. The maximum absolute atomic E-state index is 12.1. The minimum atomic E-state index is -3.25. The van der Waals surface area contributed by atoms with Gasteiger partial charge in [-0.1, -0.05) is 0 Å². The van der Waals surface area contributed by atoms with E-state index < -0.39 is 15.3 Å². The Labute approximate surface area is 185 Å². The van der Waals surface area contributed by atoms with Crippen LogP contribution in [0.5, 0.6) is 0 Å². The van der Waals surface area contributed by atoms with Gasteiger partial charge in [0.1, 0.15) is 0 Å². The molecule has 8 nitrogen and oxygen atoms in total. The molecule has 0 saturated carbocycles.